The highest BCUT2D eigenvalue weighted by atomic mass is 79.9. The van der Waals surface area contributed by atoms with Gasteiger partial charge in [0.1, 0.15) is 6.04 Å². The molecule has 0 radical (unpaired) electrons. The summed E-state index contributed by atoms with van der Waals surface area (Å²) in [5, 5.41) is 13.4. The minimum Gasteiger partial charge on any atom is -0.466 e. The second-order valence-corrected chi connectivity index (χ2v) is 12.7. The molecule has 0 saturated carbocycles. The number of para-hydroxylation sites is 1. The molecule has 1 spiro atoms. The fraction of sp³-hybridized carbons (Fsp3) is 0.625. The molecule has 0 aromatic heterocycles. The van der Waals surface area contributed by atoms with Gasteiger partial charge in [-0.25, -0.2) is 0 Å². The van der Waals surface area contributed by atoms with E-state index in [2.05, 4.69) is 21.2 Å². The fourth-order valence-corrected chi connectivity index (χ4v) is 9.62. The number of aliphatic hydroxyl groups excluding tert-OH is 1. The van der Waals surface area contributed by atoms with E-state index in [9.17, 15) is 19.5 Å². The number of benzene rings is 1. The van der Waals surface area contributed by atoms with Gasteiger partial charge in [0.15, 0.2) is 0 Å². The number of carbonyl (C=O) groups excluding carboxylic acids is 3. The number of nitrogens with one attached hydrogen (secondary N) is 1. The summed E-state index contributed by atoms with van der Waals surface area (Å²) in [7, 11) is 0. The van der Waals surface area contributed by atoms with Crippen LogP contribution < -0.4 is 5.32 Å². The number of rotatable bonds is 8. The maximum absolute atomic E-state index is 14.0. The van der Waals surface area contributed by atoms with Crippen LogP contribution in [0.1, 0.15) is 33.6 Å². The number of nitrogens with zero attached hydrogens (tertiary/aromatic N) is 1. The topological polar surface area (TPSA) is 95.9 Å². The van der Waals surface area contributed by atoms with E-state index in [1.54, 1.807) is 36.1 Å². The minimum atomic E-state index is -0.855. The molecule has 186 valence electrons. The van der Waals surface area contributed by atoms with Crippen LogP contribution in [0.3, 0.4) is 0 Å². The van der Waals surface area contributed by atoms with Crippen molar-refractivity contribution in [1.29, 1.82) is 0 Å². The molecule has 3 unspecified atom stereocenters. The lowest BCUT2D eigenvalue weighted by Gasteiger charge is -2.37. The van der Waals surface area contributed by atoms with Crippen molar-refractivity contribution in [3.63, 3.8) is 0 Å². The lowest BCUT2D eigenvalue weighted by Crippen LogP contribution is -2.55. The Hall–Kier alpha value is -1.29. The number of thioether (sulfide) groups is 1. The van der Waals surface area contributed by atoms with Crippen LogP contribution in [0.25, 0.3) is 0 Å². The Morgan fingerprint density at radius 2 is 2.09 bits per heavy atom. The number of carbonyl (C=O) groups is 3. The molecule has 3 aliphatic heterocycles. The number of fused-ring (bicyclic) bond motifs is 1. The Bertz CT molecular complexity index is 980. The number of halogens is 2. The molecule has 2 bridgehead atoms. The first-order valence-electron chi connectivity index (χ1n) is 11.6. The molecule has 3 fully saturated rings. The van der Waals surface area contributed by atoms with Crippen molar-refractivity contribution in [1.82, 2.24) is 4.90 Å². The second-order valence-electron chi connectivity index (χ2n) is 9.60. The van der Waals surface area contributed by atoms with E-state index in [-0.39, 0.29) is 41.0 Å². The van der Waals surface area contributed by atoms with E-state index < -0.39 is 34.6 Å². The average Bonchev–Trinajstić information content (AvgIpc) is 3.37. The predicted molar refractivity (Wildman–Crippen MR) is 136 cm³/mol. The van der Waals surface area contributed by atoms with Crippen LogP contribution in [0.5, 0.6) is 0 Å². The molecule has 10 heteroatoms. The SMILES string of the molecule is CCOC(=O)[C@H]1[C@H]2C(=O)N([C@@H](CO)CC(C)C)C(C(=O)Nc3ccccc3Cl)C23CC(Br)[C@@H]1S3. The molecule has 2 N–H and O–H groups in total. The average molecular weight is 574 g/mol. The number of likely N-dealkylation sites (tertiary alicyclic amines) is 1. The van der Waals surface area contributed by atoms with Gasteiger partial charge >= 0.3 is 5.97 Å². The van der Waals surface area contributed by atoms with Crippen molar-refractivity contribution in [3.05, 3.63) is 29.3 Å². The zero-order valence-corrected chi connectivity index (χ0v) is 22.5. The molecule has 3 heterocycles. The van der Waals surface area contributed by atoms with Crippen LogP contribution in [-0.2, 0) is 19.1 Å². The molecule has 4 rings (SSSR count). The van der Waals surface area contributed by atoms with E-state index in [1.807, 2.05) is 13.8 Å². The van der Waals surface area contributed by atoms with Crippen LogP contribution in [-0.4, -0.2) is 67.9 Å². The molecule has 1 aromatic rings. The third-order valence-electron chi connectivity index (χ3n) is 7.01. The van der Waals surface area contributed by atoms with Gasteiger partial charge in [-0.2, -0.15) is 0 Å². The minimum absolute atomic E-state index is 0.0378. The molecule has 3 saturated heterocycles. The molecule has 3 aliphatic rings. The van der Waals surface area contributed by atoms with Crippen LogP contribution in [0.4, 0.5) is 5.69 Å². The Morgan fingerprint density at radius 1 is 1.38 bits per heavy atom. The molecule has 7 atom stereocenters. The van der Waals surface area contributed by atoms with Gasteiger partial charge in [-0.05, 0) is 37.8 Å². The second kappa shape index (κ2) is 9.99. The highest BCUT2D eigenvalue weighted by Crippen LogP contribution is 2.68. The number of alkyl halides is 1. The summed E-state index contributed by atoms with van der Waals surface area (Å²) < 4.78 is 4.56. The molecule has 34 heavy (non-hydrogen) atoms. The highest BCUT2D eigenvalue weighted by Gasteiger charge is 2.76. The predicted octanol–water partition coefficient (Wildman–Crippen LogP) is 3.71. The van der Waals surface area contributed by atoms with Crippen molar-refractivity contribution in [2.75, 3.05) is 18.5 Å². The third-order valence-corrected chi connectivity index (χ3v) is 10.6. The summed E-state index contributed by atoms with van der Waals surface area (Å²) in [5.74, 6) is -2.15. The molecule has 1 aromatic carbocycles. The number of amides is 2. The van der Waals surface area contributed by atoms with E-state index in [4.69, 9.17) is 16.3 Å². The molecular formula is C24H30BrClN2O5S. The summed E-state index contributed by atoms with van der Waals surface area (Å²) in [6, 6.07) is 5.55. The highest BCUT2D eigenvalue weighted by molar-refractivity contribution is 9.09. The summed E-state index contributed by atoms with van der Waals surface area (Å²) >= 11 is 11.6. The van der Waals surface area contributed by atoms with Crippen LogP contribution in [0.15, 0.2) is 24.3 Å². The van der Waals surface area contributed by atoms with Gasteiger partial charge in [-0.1, -0.05) is 53.5 Å². The summed E-state index contributed by atoms with van der Waals surface area (Å²) in [6.07, 6.45) is 1.10. The molecule has 0 aliphatic carbocycles. The first-order valence-corrected chi connectivity index (χ1v) is 13.8. The zero-order valence-electron chi connectivity index (χ0n) is 19.4. The molecule has 2 amide bonds. The van der Waals surface area contributed by atoms with E-state index in [0.717, 1.165) is 0 Å². The number of anilines is 1. The largest absolute Gasteiger partial charge is 0.466 e. The Labute approximate surface area is 217 Å². The molecular weight excluding hydrogens is 544 g/mol. The van der Waals surface area contributed by atoms with Gasteiger partial charge in [-0.3, -0.25) is 14.4 Å². The molecule has 7 nitrogen and oxygen atoms in total. The van der Waals surface area contributed by atoms with Gasteiger partial charge in [0.05, 0.1) is 46.5 Å². The van der Waals surface area contributed by atoms with Crippen LogP contribution in [0.2, 0.25) is 5.02 Å². The number of esters is 1. The standard InChI is InChI=1S/C24H30BrClN2O5S/c1-4-33-23(32)17-18-22(31)28(13(11-29)9-12(2)3)20(24(18)10-14(25)19(17)34-24)21(30)27-16-8-6-5-7-15(16)26/h5-8,12-14,17-20,29H,4,9-11H2,1-3H3,(H,27,30)/t13-,14?,17+,18+,19+,20?,24?/m1/s1. The Morgan fingerprint density at radius 3 is 2.71 bits per heavy atom. The normalized spacial score (nSPS) is 32.7. The van der Waals surface area contributed by atoms with E-state index in [0.29, 0.717) is 23.6 Å². The van der Waals surface area contributed by atoms with Crippen molar-refractivity contribution >= 4 is 62.8 Å². The van der Waals surface area contributed by atoms with Crippen molar-refractivity contribution in [2.45, 2.75) is 60.5 Å². The van der Waals surface area contributed by atoms with E-state index >= 15 is 0 Å². The lowest BCUT2D eigenvalue weighted by molar-refractivity contribution is -0.154. The third kappa shape index (κ3) is 4.16. The summed E-state index contributed by atoms with van der Waals surface area (Å²) in [6.45, 7) is 5.72. The van der Waals surface area contributed by atoms with Crippen LogP contribution in [0, 0.1) is 17.8 Å². The van der Waals surface area contributed by atoms with Crippen molar-refractivity contribution in [2.24, 2.45) is 17.8 Å². The van der Waals surface area contributed by atoms with Crippen LogP contribution >= 0.6 is 39.3 Å². The van der Waals surface area contributed by atoms with Crippen molar-refractivity contribution < 1.29 is 24.2 Å². The number of hydrogen-bond donors (Lipinski definition) is 2. The maximum Gasteiger partial charge on any atom is 0.310 e. The van der Waals surface area contributed by atoms with Gasteiger partial charge < -0.3 is 20.1 Å². The Balaban J connectivity index is 1.78. The number of ether oxygens (including phenoxy) is 1. The van der Waals surface area contributed by atoms with Gasteiger partial charge in [0.25, 0.3) is 0 Å². The first kappa shape index (κ1) is 25.8. The van der Waals surface area contributed by atoms with Crippen molar-refractivity contribution in [3.8, 4) is 0 Å². The fourth-order valence-electron chi connectivity index (χ4n) is 5.85. The number of hydrogen-bond acceptors (Lipinski definition) is 6. The zero-order chi connectivity index (χ0) is 24.8. The quantitative estimate of drug-likeness (QED) is 0.364. The summed E-state index contributed by atoms with van der Waals surface area (Å²) in [4.78, 5) is 42.4. The number of aliphatic hydroxyl groups is 1. The monoisotopic (exact) mass is 572 g/mol. The van der Waals surface area contributed by atoms with E-state index in [1.165, 1.54) is 11.8 Å². The smallest absolute Gasteiger partial charge is 0.310 e. The van der Waals surface area contributed by atoms with Gasteiger partial charge in [0.2, 0.25) is 11.8 Å². The maximum atomic E-state index is 14.0. The van der Waals surface area contributed by atoms with Gasteiger partial charge in [0, 0.05) is 10.1 Å². The first-order chi connectivity index (χ1) is 16.2. The Kier molecular flexibility index (Phi) is 7.58. The lowest BCUT2D eigenvalue weighted by atomic mass is 9.71. The summed E-state index contributed by atoms with van der Waals surface area (Å²) in [5.41, 5.74) is 0.459. The van der Waals surface area contributed by atoms with Gasteiger partial charge in [-0.15, -0.1) is 11.8 Å².